The highest BCUT2D eigenvalue weighted by Gasteiger charge is 2.19. The molecule has 0 atom stereocenters. The van der Waals surface area contributed by atoms with Gasteiger partial charge in [0, 0.05) is 0 Å². The van der Waals surface area contributed by atoms with Gasteiger partial charge in [-0.05, 0) is 46.3 Å². The van der Waals surface area contributed by atoms with Crippen LogP contribution in [-0.2, 0) is 20.0 Å². The molecular weight excluding hydrogens is 407 g/mol. The van der Waals surface area contributed by atoms with Gasteiger partial charge >= 0.3 is 0 Å². The van der Waals surface area contributed by atoms with Crippen molar-refractivity contribution in [3.05, 3.63) is 39.9 Å². The number of anilines is 1. The number of hydrogen-bond donors (Lipinski definition) is 2. The maximum Gasteiger partial charge on any atom is 0.271 e. The summed E-state index contributed by atoms with van der Waals surface area (Å²) in [6, 6.07) is 5.56. The van der Waals surface area contributed by atoms with Crippen LogP contribution in [0.5, 0.6) is 0 Å². The number of nitrogens with one attached hydrogen (secondary N) is 1. The van der Waals surface area contributed by atoms with E-state index in [0.717, 1.165) is 23.5 Å². The van der Waals surface area contributed by atoms with E-state index in [4.69, 9.17) is 5.14 Å². The largest absolute Gasteiger partial charge is 0.276 e. The van der Waals surface area contributed by atoms with Crippen molar-refractivity contribution in [3.63, 3.8) is 0 Å². The van der Waals surface area contributed by atoms with Crippen LogP contribution < -0.4 is 9.86 Å². The standard InChI is InChI=1S/C10H8BrFN2O4S3/c11-9-3-4-10(19-9)21(17,18)14-8-2-1-6(5-7(8)12)20(13,15)16/h1-5,14H,(H2,13,15,16). The smallest absolute Gasteiger partial charge is 0.271 e. The number of sulfonamides is 2. The molecule has 1 aromatic carbocycles. The molecule has 0 amide bonds. The first-order chi connectivity index (χ1) is 9.59. The Balaban J connectivity index is 2.36. The third kappa shape index (κ3) is 3.80. The molecule has 0 unspecified atom stereocenters. The summed E-state index contributed by atoms with van der Waals surface area (Å²) in [7, 11) is -8.00. The minimum absolute atomic E-state index is 0.00991. The van der Waals surface area contributed by atoms with Crippen molar-refractivity contribution in [2.24, 2.45) is 5.14 Å². The molecule has 0 radical (unpaired) electrons. The lowest BCUT2D eigenvalue weighted by Gasteiger charge is -2.08. The fourth-order valence-corrected chi connectivity index (χ4v) is 5.00. The van der Waals surface area contributed by atoms with E-state index in [1.54, 1.807) is 6.07 Å². The molecule has 114 valence electrons. The maximum absolute atomic E-state index is 13.8. The van der Waals surface area contributed by atoms with Crippen LogP contribution in [0.2, 0.25) is 0 Å². The van der Waals surface area contributed by atoms with Gasteiger partial charge in [0.2, 0.25) is 10.0 Å². The van der Waals surface area contributed by atoms with Crippen molar-refractivity contribution in [1.82, 2.24) is 0 Å². The summed E-state index contributed by atoms with van der Waals surface area (Å²) in [5.41, 5.74) is -0.369. The molecule has 0 aliphatic rings. The minimum atomic E-state index is -4.06. The number of hydrogen-bond acceptors (Lipinski definition) is 5. The van der Waals surface area contributed by atoms with Crippen molar-refractivity contribution in [2.75, 3.05) is 4.72 Å². The van der Waals surface area contributed by atoms with Crippen molar-refractivity contribution >= 4 is 53.0 Å². The van der Waals surface area contributed by atoms with Crippen LogP contribution in [0.4, 0.5) is 10.1 Å². The summed E-state index contributed by atoms with van der Waals surface area (Å²) in [4.78, 5) is -0.443. The number of nitrogens with two attached hydrogens (primary N) is 1. The lowest BCUT2D eigenvalue weighted by Crippen LogP contribution is -2.15. The van der Waals surface area contributed by atoms with E-state index in [1.165, 1.54) is 6.07 Å². The molecule has 0 fully saturated rings. The van der Waals surface area contributed by atoms with Crippen LogP contribution in [-0.4, -0.2) is 16.8 Å². The lowest BCUT2D eigenvalue weighted by atomic mass is 10.3. The summed E-state index contributed by atoms with van der Waals surface area (Å²) in [6.07, 6.45) is 0. The Kier molecular flexibility index (Phi) is 4.40. The molecular formula is C10H8BrFN2O4S3. The number of thiophene rings is 1. The average molecular weight is 415 g/mol. The molecule has 2 aromatic rings. The van der Waals surface area contributed by atoms with Crippen LogP contribution in [0.3, 0.4) is 0 Å². The van der Waals surface area contributed by atoms with E-state index in [9.17, 15) is 21.2 Å². The number of benzene rings is 1. The first kappa shape index (κ1) is 16.4. The predicted octanol–water partition coefficient (Wildman–Crippen LogP) is 2.10. The molecule has 1 aromatic heterocycles. The summed E-state index contributed by atoms with van der Waals surface area (Å²) in [5.74, 6) is -1.04. The highest BCUT2D eigenvalue weighted by molar-refractivity contribution is 9.11. The third-order valence-corrected chi connectivity index (χ3v) is 6.72. The zero-order valence-corrected chi connectivity index (χ0v) is 14.1. The van der Waals surface area contributed by atoms with E-state index < -0.39 is 30.8 Å². The summed E-state index contributed by atoms with van der Waals surface area (Å²) in [5, 5.41) is 4.86. The van der Waals surface area contributed by atoms with Gasteiger partial charge in [-0.1, -0.05) is 0 Å². The zero-order chi connectivity index (χ0) is 15.8. The van der Waals surface area contributed by atoms with Gasteiger partial charge in [0.25, 0.3) is 10.0 Å². The Morgan fingerprint density at radius 2 is 1.81 bits per heavy atom. The Labute approximate surface area is 133 Å². The van der Waals surface area contributed by atoms with E-state index >= 15 is 0 Å². The molecule has 0 aliphatic heterocycles. The fourth-order valence-electron chi connectivity index (χ4n) is 1.39. The molecule has 3 N–H and O–H groups in total. The minimum Gasteiger partial charge on any atom is -0.276 e. The summed E-state index contributed by atoms with van der Waals surface area (Å²) >= 11 is 4.08. The van der Waals surface area contributed by atoms with Gasteiger partial charge in [0.1, 0.15) is 10.0 Å². The first-order valence-electron chi connectivity index (χ1n) is 5.20. The average Bonchev–Trinajstić information content (AvgIpc) is 2.78. The first-order valence-corrected chi connectivity index (χ1v) is 9.84. The van der Waals surface area contributed by atoms with Gasteiger partial charge < -0.3 is 0 Å². The topological polar surface area (TPSA) is 106 Å². The zero-order valence-electron chi connectivity index (χ0n) is 10.1. The second kappa shape index (κ2) is 5.65. The Morgan fingerprint density at radius 3 is 2.29 bits per heavy atom. The van der Waals surface area contributed by atoms with Gasteiger partial charge in [0.15, 0.2) is 0 Å². The van der Waals surface area contributed by atoms with Crippen molar-refractivity contribution < 1.29 is 21.2 Å². The van der Waals surface area contributed by atoms with Crippen molar-refractivity contribution in [2.45, 2.75) is 9.10 Å². The van der Waals surface area contributed by atoms with Gasteiger partial charge in [0.05, 0.1) is 14.4 Å². The summed E-state index contributed by atoms with van der Waals surface area (Å²) in [6.45, 7) is 0. The van der Waals surface area contributed by atoms with Gasteiger partial charge in [-0.3, -0.25) is 4.72 Å². The number of primary sulfonamides is 1. The number of halogens is 2. The van der Waals surface area contributed by atoms with Gasteiger partial charge in [-0.25, -0.2) is 26.4 Å². The predicted molar refractivity (Wildman–Crippen MR) is 80.6 cm³/mol. The summed E-state index contributed by atoms with van der Waals surface area (Å²) < 4.78 is 62.6. The molecule has 0 bridgehead atoms. The fraction of sp³-hybridized carbons (Fsp3) is 0. The van der Waals surface area contributed by atoms with Gasteiger partial charge in [-0.15, -0.1) is 11.3 Å². The van der Waals surface area contributed by atoms with Crippen LogP contribution in [0, 0.1) is 5.82 Å². The van der Waals surface area contributed by atoms with Gasteiger partial charge in [-0.2, -0.15) is 0 Å². The molecule has 2 rings (SSSR count). The second-order valence-corrected chi connectivity index (χ2v) is 9.78. The Hall–Kier alpha value is -1.01. The molecule has 0 spiro atoms. The van der Waals surface area contributed by atoms with E-state index in [0.29, 0.717) is 9.85 Å². The molecule has 0 aliphatic carbocycles. The highest BCUT2D eigenvalue weighted by atomic mass is 79.9. The third-order valence-electron chi connectivity index (χ3n) is 2.33. The highest BCUT2D eigenvalue weighted by Crippen LogP contribution is 2.28. The molecule has 11 heteroatoms. The quantitative estimate of drug-likeness (QED) is 0.798. The van der Waals surface area contributed by atoms with E-state index in [1.807, 2.05) is 4.72 Å². The molecule has 1 heterocycles. The second-order valence-electron chi connectivity index (χ2n) is 3.85. The number of rotatable bonds is 4. The van der Waals surface area contributed by atoms with E-state index in [2.05, 4.69) is 15.9 Å². The van der Waals surface area contributed by atoms with Crippen LogP contribution in [0.25, 0.3) is 0 Å². The Bertz CT molecular complexity index is 893. The Morgan fingerprint density at radius 1 is 1.14 bits per heavy atom. The van der Waals surface area contributed by atoms with Crippen LogP contribution in [0.1, 0.15) is 0 Å². The molecule has 0 saturated carbocycles. The molecule has 21 heavy (non-hydrogen) atoms. The molecule has 6 nitrogen and oxygen atoms in total. The monoisotopic (exact) mass is 414 g/mol. The lowest BCUT2D eigenvalue weighted by molar-refractivity contribution is 0.592. The van der Waals surface area contributed by atoms with Crippen molar-refractivity contribution in [1.29, 1.82) is 0 Å². The molecule has 0 saturated heterocycles. The SMILES string of the molecule is NS(=O)(=O)c1ccc(NS(=O)(=O)c2ccc(Br)s2)c(F)c1. The normalized spacial score (nSPS) is 12.3. The maximum atomic E-state index is 13.8. The van der Waals surface area contributed by atoms with Crippen LogP contribution >= 0.6 is 27.3 Å². The van der Waals surface area contributed by atoms with Crippen LogP contribution in [0.15, 0.2) is 43.2 Å². The van der Waals surface area contributed by atoms with E-state index in [-0.39, 0.29) is 9.90 Å². The van der Waals surface area contributed by atoms with Crippen molar-refractivity contribution in [3.8, 4) is 0 Å².